The average Bonchev–Trinajstić information content (AvgIpc) is 2.39. The Bertz CT molecular complexity index is 348. The van der Waals surface area contributed by atoms with Crippen molar-refractivity contribution in [2.24, 2.45) is 0 Å². The maximum atomic E-state index is 3.40. The second-order valence-electron chi connectivity index (χ2n) is 5.82. The molecule has 2 heteroatoms. The molecule has 100 valence electrons. The molecule has 0 spiro atoms. The molecule has 1 saturated carbocycles. The Kier molecular flexibility index (Phi) is 4.79. The Labute approximate surface area is 111 Å². The molecule has 1 fully saturated rings. The second kappa shape index (κ2) is 6.35. The Morgan fingerprint density at radius 3 is 2.17 bits per heavy atom. The molecule has 0 bridgehead atoms. The van der Waals surface area contributed by atoms with Crippen molar-refractivity contribution in [3.63, 3.8) is 0 Å². The summed E-state index contributed by atoms with van der Waals surface area (Å²) in [7, 11) is 6.32. The monoisotopic (exact) mass is 246 g/mol. The molecule has 1 N–H and O–H groups in total. The lowest BCUT2D eigenvalue weighted by molar-refractivity contribution is 0.358. The quantitative estimate of drug-likeness (QED) is 0.878. The van der Waals surface area contributed by atoms with Crippen LogP contribution in [0, 0.1) is 0 Å². The first-order valence-corrected chi connectivity index (χ1v) is 7.10. The molecule has 0 aliphatic heterocycles. The molecule has 18 heavy (non-hydrogen) atoms. The largest absolute Gasteiger partial charge is 0.317 e. The predicted molar refractivity (Wildman–Crippen MR) is 77.9 cm³/mol. The van der Waals surface area contributed by atoms with E-state index in [9.17, 15) is 0 Å². The fourth-order valence-corrected chi connectivity index (χ4v) is 2.98. The van der Waals surface area contributed by atoms with Gasteiger partial charge in [-0.15, -0.1) is 0 Å². The number of nitrogens with one attached hydrogen (secondary N) is 1. The van der Waals surface area contributed by atoms with Crippen molar-refractivity contribution in [1.82, 2.24) is 10.2 Å². The lowest BCUT2D eigenvalue weighted by Gasteiger charge is -2.28. The third kappa shape index (κ3) is 3.56. The number of hydrogen-bond donors (Lipinski definition) is 1. The highest BCUT2D eigenvalue weighted by Crippen LogP contribution is 2.32. The predicted octanol–water partition coefficient (Wildman–Crippen LogP) is 2.99. The topological polar surface area (TPSA) is 15.3 Å². The summed E-state index contributed by atoms with van der Waals surface area (Å²) in [6.45, 7) is 1.03. The maximum Gasteiger partial charge on any atom is 0.0227 e. The summed E-state index contributed by atoms with van der Waals surface area (Å²) in [6, 6.07) is 10.0. The van der Waals surface area contributed by atoms with Gasteiger partial charge in [-0.1, -0.05) is 24.3 Å². The smallest absolute Gasteiger partial charge is 0.0227 e. The van der Waals surface area contributed by atoms with E-state index in [0.717, 1.165) is 18.5 Å². The highest BCUT2D eigenvalue weighted by molar-refractivity contribution is 5.25. The molecule has 2 rings (SSSR count). The molecular formula is C16H26N2. The van der Waals surface area contributed by atoms with Gasteiger partial charge in [0, 0.05) is 12.6 Å². The van der Waals surface area contributed by atoms with Crippen molar-refractivity contribution in [3.8, 4) is 0 Å². The molecule has 0 aromatic heterocycles. The molecule has 1 aliphatic rings. The molecule has 0 unspecified atom stereocenters. The van der Waals surface area contributed by atoms with Gasteiger partial charge in [-0.25, -0.2) is 0 Å². The number of nitrogens with zero attached hydrogens (tertiary/aromatic N) is 1. The number of hydrogen-bond acceptors (Lipinski definition) is 2. The Hall–Kier alpha value is -0.860. The zero-order valence-electron chi connectivity index (χ0n) is 11.9. The third-order valence-electron chi connectivity index (χ3n) is 4.09. The minimum absolute atomic E-state index is 0.745. The van der Waals surface area contributed by atoms with Crippen molar-refractivity contribution in [3.05, 3.63) is 35.4 Å². The Balaban J connectivity index is 1.93. The van der Waals surface area contributed by atoms with Gasteiger partial charge in [-0.3, -0.25) is 0 Å². The van der Waals surface area contributed by atoms with E-state index in [0.29, 0.717) is 0 Å². The minimum Gasteiger partial charge on any atom is -0.317 e. The van der Waals surface area contributed by atoms with Gasteiger partial charge in [0.1, 0.15) is 0 Å². The van der Waals surface area contributed by atoms with Crippen LogP contribution in [0.3, 0.4) is 0 Å². The molecule has 0 atom stereocenters. The zero-order chi connectivity index (χ0) is 13.0. The lowest BCUT2D eigenvalue weighted by Crippen LogP contribution is -2.29. The van der Waals surface area contributed by atoms with E-state index in [1.54, 1.807) is 0 Å². The van der Waals surface area contributed by atoms with Gasteiger partial charge in [0.25, 0.3) is 0 Å². The van der Waals surface area contributed by atoms with E-state index in [1.807, 2.05) is 0 Å². The van der Waals surface area contributed by atoms with Crippen molar-refractivity contribution in [1.29, 1.82) is 0 Å². The van der Waals surface area contributed by atoms with Gasteiger partial charge in [0.05, 0.1) is 0 Å². The Morgan fingerprint density at radius 2 is 1.67 bits per heavy atom. The first-order valence-electron chi connectivity index (χ1n) is 7.10. The summed E-state index contributed by atoms with van der Waals surface area (Å²) in [5.74, 6) is 0.781. The van der Waals surface area contributed by atoms with Crippen LogP contribution in [0.1, 0.15) is 42.7 Å². The maximum absolute atomic E-state index is 3.40. The van der Waals surface area contributed by atoms with Crippen molar-refractivity contribution < 1.29 is 0 Å². The SMILES string of the molecule is CN[C@H]1CC[C@@H](c2ccc(CN(C)C)cc2)CC1. The fraction of sp³-hybridized carbons (Fsp3) is 0.625. The number of rotatable bonds is 4. The normalized spacial score (nSPS) is 24.4. The van der Waals surface area contributed by atoms with E-state index in [-0.39, 0.29) is 0 Å². The Morgan fingerprint density at radius 1 is 1.06 bits per heavy atom. The van der Waals surface area contributed by atoms with E-state index >= 15 is 0 Å². The minimum atomic E-state index is 0.745. The average molecular weight is 246 g/mol. The van der Waals surface area contributed by atoms with Crippen molar-refractivity contribution in [2.75, 3.05) is 21.1 Å². The standard InChI is InChI=1S/C16H26N2/c1-17-16-10-8-15(9-11-16)14-6-4-13(5-7-14)12-18(2)3/h4-7,15-17H,8-12H2,1-3H3/t15-,16+. The summed E-state index contributed by atoms with van der Waals surface area (Å²) in [4.78, 5) is 2.22. The van der Waals surface area contributed by atoms with Crippen LogP contribution in [0.2, 0.25) is 0 Å². The first kappa shape index (κ1) is 13.6. The van der Waals surface area contributed by atoms with Gasteiger partial charge < -0.3 is 10.2 Å². The van der Waals surface area contributed by atoms with Gasteiger partial charge in [-0.05, 0) is 63.9 Å². The van der Waals surface area contributed by atoms with Gasteiger partial charge >= 0.3 is 0 Å². The molecule has 0 amide bonds. The third-order valence-corrected chi connectivity index (χ3v) is 4.09. The first-order chi connectivity index (χ1) is 8.69. The summed E-state index contributed by atoms with van der Waals surface area (Å²) < 4.78 is 0. The molecule has 2 nitrogen and oxygen atoms in total. The van der Waals surface area contributed by atoms with E-state index in [2.05, 4.69) is 55.6 Å². The zero-order valence-corrected chi connectivity index (χ0v) is 11.9. The van der Waals surface area contributed by atoms with Crippen LogP contribution >= 0.6 is 0 Å². The van der Waals surface area contributed by atoms with Crippen LogP contribution in [-0.4, -0.2) is 32.1 Å². The van der Waals surface area contributed by atoms with Gasteiger partial charge in [0.15, 0.2) is 0 Å². The lowest BCUT2D eigenvalue weighted by atomic mass is 9.81. The molecule has 1 aromatic rings. The summed E-state index contributed by atoms with van der Waals surface area (Å²) >= 11 is 0. The molecule has 1 aliphatic carbocycles. The van der Waals surface area contributed by atoms with Gasteiger partial charge in [-0.2, -0.15) is 0 Å². The molecule has 0 heterocycles. The highest BCUT2D eigenvalue weighted by atomic mass is 15.0. The summed E-state index contributed by atoms with van der Waals surface area (Å²) in [5, 5.41) is 3.40. The van der Waals surface area contributed by atoms with Crippen LogP contribution in [0.15, 0.2) is 24.3 Å². The van der Waals surface area contributed by atoms with Crippen LogP contribution in [-0.2, 0) is 6.54 Å². The van der Waals surface area contributed by atoms with Crippen molar-refractivity contribution in [2.45, 2.75) is 44.2 Å². The molecule has 0 radical (unpaired) electrons. The molecule has 1 aromatic carbocycles. The van der Waals surface area contributed by atoms with E-state index in [1.165, 1.54) is 36.8 Å². The summed E-state index contributed by atoms with van der Waals surface area (Å²) in [5.41, 5.74) is 2.94. The number of benzene rings is 1. The van der Waals surface area contributed by atoms with Crippen LogP contribution < -0.4 is 5.32 Å². The summed E-state index contributed by atoms with van der Waals surface area (Å²) in [6.07, 6.45) is 5.30. The van der Waals surface area contributed by atoms with E-state index < -0.39 is 0 Å². The highest BCUT2D eigenvalue weighted by Gasteiger charge is 2.20. The van der Waals surface area contributed by atoms with Crippen LogP contribution in [0.5, 0.6) is 0 Å². The molecular weight excluding hydrogens is 220 g/mol. The van der Waals surface area contributed by atoms with E-state index in [4.69, 9.17) is 0 Å². The van der Waals surface area contributed by atoms with Crippen LogP contribution in [0.4, 0.5) is 0 Å². The molecule has 0 saturated heterocycles. The fourth-order valence-electron chi connectivity index (χ4n) is 2.98. The second-order valence-corrected chi connectivity index (χ2v) is 5.82. The van der Waals surface area contributed by atoms with Crippen molar-refractivity contribution >= 4 is 0 Å². The van der Waals surface area contributed by atoms with Crippen LogP contribution in [0.25, 0.3) is 0 Å². The van der Waals surface area contributed by atoms with Gasteiger partial charge in [0.2, 0.25) is 0 Å².